The van der Waals surface area contributed by atoms with E-state index in [-0.39, 0.29) is 17.7 Å². The number of ether oxygens (including phenoxy) is 2. The molecule has 0 radical (unpaired) electrons. The molecule has 2 saturated heterocycles. The van der Waals surface area contributed by atoms with Gasteiger partial charge in [-0.1, -0.05) is 23.2 Å². The number of fused-ring (bicyclic) bond motifs is 1. The summed E-state index contributed by atoms with van der Waals surface area (Å²) in [6, 6.07) is 3.35. The van der Waals surface area contributed by atoms with E-state index in [9.17, 15) is 18.4 Å². The van der Waals surface area contributed by atoms with Gasteiger partial charge in [-0.3, -0.25) is 14.6 Å². The lowest BCUT2D eigenvalue weighted by atomic mass is 9.81. The van der Waals surface area contributed by atoms with E-state index < -0.39 is 34.8 Å². The van der Waals surface area contributed by atoms with Crippen LogP contribution in [0.2, 0.25) is 5.02 Å². The Bertz CT molecular complexity index is 1290. The molecule has 5 rings (SSSR count). The van der Waals surface area contributed by atoms with Crippen LogP contribution in [0.4, 0.5) is 14.5 Å². The summed E-state index contributed by atoms with van der Waals surface area (Å²) < 4.78 is 39.0. The zero-order chi connectivity index (χ0) is 27.7. The maximum absolute atomic E-state index is 13.7. The second-order valence-corrected chi connectivity index (χ2v) is 10.7. The van der Waals surface area contributed by atoms with Crippen LogP contribution in [0.1, 0.15) is 32.6 Å². The lowest BCUT2D eigenvalue weighted by Crippen LogP contribution is -2.48. The maximum atomic E-state index is 13.7. The number of benzene rings is 1. The van der Waals surface area contributed by atoms with Gasteiger partial charge < -0.3 is 25.0 Å². The summed E-state index contributed by atoms with van der Waals surface area (Å²) in [5.41, 5.74) is -1.46. The Morgan fingerprint density at radius 1 is 1.33 bits per heavy atom. The van der Waals surface area contributed by atoms with Crippen molar-refractivity contribution in [3.05, 3.63) is 52.1 Å². The molecule has 1 aromatic rings. The van der Waals surface area contributed by atoms with Gasteiger partial charge in [-0.15, -0.1) is 0 Å². The fourth-order valence-corrected chi connectivity index (χ4v) is 5.38. The van der Waals surface area contributed by atoms with Crippen molar-refractivity contribution in [1.82, 2.24) is 10.2 Å². The second-order valence-electron chi connectivity index (χ2n) is 9.90. The first-order valence-electron chi connectivity index (χ1n) is 12.6. The highest BCUT2D eigenvalue weighted by Crippen LogP contribution is 2.39. The zero-order valence-corrected chi connectivity index (χ0v) is 22.6. The molecule has 13 heteroatoms. The Labute approximate surface area is 233 Å². The van der Waals surface area contributed by atoms with Crippen LogP contribution in [0.3, 0.4) is 0 Å². The molecule has 3 heterocycles. The van der Waals surface area contributed by atoms with Gasteiger partial charge in [0.2, 0.25) is 5.91 Å². The van der Waals surface area contributed by atoms with Crippen LogP contribution >= 0.6 is 23.2 Å². The summed E-state index contributed by atoms with van der Waals surface area (Å²) in [7, 11) is 0. The molecule has 0 saturated carbocycles. The van der Waals surface area contributed by atoms with Gasteiger partial charge in [0.15, 0.2) is 0 Å². The number of hydrogen-bond donors (Lipinski definition) is 2. The van der Waals surface area contributed by atoms with Crippen LogP contribution in [0.5, 0.6) is 0 Å². The van der Waals surface area contributed by atoms with Crippen LogP contribution in [0.25, 0.3) is 0 Å². The molecule has 4 aliphatic rings. The molecule has 3 aliphatic heterocycles. The summed E-state index contributed by atoms with van der Waals surface area (Å²) in [5, 5.41) is 6.01. The van der Waals surface area contributed by atoms with Crippen LogP contribution in [-0.4, -0.2) is 72.0 Å². The van der Waals surface area contributed by atoms with Crippen molar-refractivity contribution in [2.45, 2.75) is 55.9 Å². The number of carbonyl (C=O) groups is 2. The molecule has 39 heavy (non-hydrogen) atoms. The topological polar surface area (TPSA) is 105 Å². The van der Waals surface area contributed by atoms with Crippen molar-refractivity contribution in [1.29, 1.82) is 0 Å². The fraction of sp³-hybridized carbons (Fsp3) is 0.462. The first-order chi connectivity index (χ1) is 18.6. The fourth-order valence-electron chi connectivity index (χ4n) is 5.08. The lowest BCUT2D eigenvalue weighted by Gasteiger charge is -2.37. The van der Waals surface area contributed by atoms with E-state index in [1.165, 1.54) is 24.5 Å². The van der Waals surface area contributed by atoms with Gasteiger partial charge in [0.1, 0.15) is 35.9 Å². The molecule has 9 nitrogen and oxygen atoms in total. The molecule has 4 atom stereocenters. The largest absolute Gasteiger partial charge is 0.490 e. The number of hydrogen-bond acceptors (Lipinski definition) is 7. The van der Waals surface area contributed by atoms with Gasteiger partial charge in [-0.2, -0.15) is 0 Å². The Morgan fingerprint density at radius 2 is 2.15 bits per heavy atom. The highest BCUT2D eigenvalue weighted by atomic mass is 35.5. The number of alkyl halides is 2. The highest BCUT2D eigenvalue weighted by Gasteiger charge is 2.42. The van der Waals surface area contributed by atoms with E-state index in [0.717, 1.165) is 4.90 Å². The molecule has 2 unspecified atom stereocenters. The summed E-state index contributed by atoms with van der Waals surface area (Å²) in [6.07, 6.45) is 4.88. The third-order valence-corrected chi connectivity index (χ3v) is 7.60. The van der Waals surface area contributed by atoms with Crippen molar-refractivity contribution in [3.8, 4) is 0 Å². The number of amidine groups is 1. The summed E-state index contributed by atoms with van der Waals surface area (Å²) in [6.45, 7) is 3.13. The number of nitrogens with zero attached hydrogens (tertiary/aromatic N) is 3. The first-order valence-corrected chi connectivity index (χ1v) is 13.4. The molecule has 1 aliphatic carbocycles. The minimum Gasteiger partial charge on any atom is -0.490 e. The predicted octanol–water partition coefficient (Wildman–Crippen LogP) is 4.08. The summed E-state index contributed by atoms with van der Waals surface area (Å²) in [5.74, 6) is -1.02. The molecular formula is C26H27Cl2F2N5O4. The molecule has 208 valence electrons. The number of nitrogens with one attached hydrogen (secondary N) is 2. The van der Waals surface area contributed by atoms with Gasteiger partial charge in [0.05, 0.1) is 29.5 Å². The van der Waals surface area contributed by atoms with E-state index in [1.54, 1.807) is 6.08 Å². The van der Waals surface area contributed by atoms with Crippen molar-refractivity contribution < 1.29 is 27.8 Å². The monoisotopic (exact) mass is 581 g/mol. The van der Waals surface area contributed by atoms with Gasteiger partial charge >= 0.3 is 0 Å². The third-order valence-electron chi connectivity index (χ3n) is 7.12. The average molecular weight is 582 g/mol. The Hall–Kier alpha value is -3.02. The standard InChI is InChI=1S/C26H27Cl2F2N5O4/c1-26-11-21(39-15-6-8-38-12-15)19(34-24(36)20-3-2-7-35(20)25(37)22(28)30)10-16(26)23(31-13-32-26)33-14-4-5-18(29)17(27)9-14/h4-5,9-10,13,15,20,22H,2-3,6-8,11-12H2,1H3,(H,34,36)(H,31,32,33)/t15-,20+,22?,26?/m0/s1. The Kier molecular flexibility index (Phi) is 7.93. The zero-order valence-electron chi connectivity index (χ0n) is 21.1. The van der Waals surface area contributed by atoms with Crippen LogP contribution in [0.15, 0.2) is 51.3 Å². The molecule has 0 spiro atoms. The van der Waals surface area contributed by atoms with Crippen molar-refractivity contribution >= 4 is 52.9 Å². The Morgan fingerprint density at radius 3 is 2.87 bits per heavy atom. The SMILES string of the molecule is CC12CC(O[C@H]3CCOC3)=C(NC(=O)[C@H]3CCCN3C(=O)C(F)Cl)C=C1C(Nc1ccc(F)c(Cl)c1)=NC=N2. The maximum Gasteiger partial charge on any atom is 0.273 e. The molecular weight excluding hydrogens is 555 g/mol. The number of halogens is 4. The number of amides is 2. The number of rotatable bonds is 6. The minimum atomic E-state index is -2.22. The number of aliphatic imine (C=N–C) groups is 2. The van der Waals surface area contributed by atoms with Gasteiger partial charge in [-0.05, 0) is 44.0 Å². The van der Waals surface area contributed by atoms with Gasteiger partial charge in [0.25, 0.3) is 11.5 Å². The Balaban J connectivity index is 1.46. The van der Waals surface area contributed by atoms with E-state index in [2.05, 4.69) is 20.6 Å². The number of carbonyl (C=O) groups excluding carboxylic acids is 2. The van der Waals surface area contributed by atoms with Gasteiger partial charge in [0, 0.05) is 30.6 Å². The van der Waals surface area contributed by atoms with E-state index in [0.29, 0.717) is 67.4 Å². The van der Waals surface area contributed by atoms with Gasteiger partial charge in [-0.25, -0.2) is 13.8 Å². The number of likely N-dealkylation sites (tertiary alicyclic amines) is 1. The second kappa shape index (κ2) is 11.2. The number of allylic oxidation sites excluding steroid dienone is 1. The van der Waals surface area contributed by atoms with E-state index in [4.69, 9.17) is 32.7 Å². The molecule has 2 fully saturated rings. The summed E-state index contributed by atoms with van der Waals surface area (Å²) >= 11 is 11.3. The predicted molar refractivity (Wildman–Crippen MR) is 143 cm³/mol. The van der Waals surface area contributed by atoms with E-state index >= 15 is 0 Å². The summed E-state index contributed by atoms with van der Waals surface area (Å²) in [4.78, 5) is 35.8. The minimum absolute atomic E-state index is 0.0455. The van der Waals surface area contributed by atoms with Crippen molar-refractivity contribution in [2.75, 3.05) is 25.1 Å². The smallest absolute Gasteiger partial charge is 0.273 e. The quantitative estimate of drug-likeness (QED) is 0.493. The lowest BCUT2D eigenvalue weighted by molar-refractivity contribution is -0.139. The molecule has 1 aromatic carbocycles. The van der Waals surface area contributed by atoms with E-state index in [1.807, 2.05) is 6.92 Å². The van der Waals surface area contributed by atoms with Crippen LogP contribution in [0, 0.1) is 5.82 Å². The highest BCUT2D eigenvalue weighted by molar-refractivity contribution is 6.31. The number of anilines is 1. The molecule has 0 aromatic heterocycles. The van der Waals surface area contributed by atoms with Crippen molar-refractivity contribution in [2.24, 2.45) is 9.98 Å². The first kappa shape index (κ1) is 27.5. The average Bonchev–Trinajstić information content (AvgIpc) is 3.59. The molecule has 0 bridgehead atoms. The molecule has 2 N–H and O–H groups in total. The van der Waals surface area contributed by atoms with Crippen molar-refractivity contribution in [3.63, 3.8) is 0 Å². The third kappa shape index (κ3) is 5.80. The van der Waals surface area contributed by atoms with Crippen LogP contribution in [-0.2, 0) is 19.1 Å². The van der Waals surface area contributed by atoms with Crippen LogP contribution < -0.4 is 10.6 Å². The molecule has 2 amide bonds. The normalized spacial score (nSPS) is 27.1.